The third kappa shape index (κ3) is 34.5. The molecule has 0 aromatic carbocycles. The molecule has 0 amide bonds. The van der Waals surface area contributed by atoms with Crippen molar-refractivity contribution in [3.63, 3.8) is 0 Å². The highest BCUT2D eigenvalue weighted by atomic mass is 32.2. The van der Waals surface area contributed by atoms with Gasteiger partial charge in [-0.2, -0.15) is 0 Å². The second-order valence-corrected chi connectivity index (χ2v) is 8.60. The first-order chi connectivity index (χ1) is 10.8. The number of hydrogen-bond donors (Lipinski definition) is 0. The van der Waals surface area contributed by atoms with Gasteiger partial charge in [0.05, 0.1) is 6.26 Å². The molecule has 0 nitrogen and oxygen atoms in total. The standard InChI is InChI=1S/C17H37S.BF4/c1-4-6-8-10-12-14-16-18(3)17-15-13-11-9-7-5-2;2-1(3,4)5/h4-17H2,1-3H3;/q+1;-1. The summed E-state index contributed by atoms with van der Waals surface area (Å²) in [4.78, 5) is 0. The van der Waals surface area contributed by atoms with E-state index in [-0.39, 0.29) is 0 Å². The highest BCUT2D eigenvalue weighted by molar-refractivity contribution is 7.96. The lowest BCUT2D eigenvalue weighted by atomic mass is 10.1. The zero-order valence-corrected chi connectivity index (χ0v) is 16.2. The molecule has 0 spiro atoms. The van der Waals surface area contributed by atoms with Crippen LogP contribution >= 0.6 is 0 Å². The normalized spacial score (nSPS) is 11.5. The molecular formula is C17H37BF4S. The minimum absolute atomic E-state index is 0.716. The van der Waals surface area contributed by atoms with Gasteiger partial charge in [-0.1, -0.05) is 65.2 Å². The number of hydrogen-bond acceptors (Lipinski definition) is 0. The Morgan fingerprint density at radius 2 is 0.826 bits per heavy atom. The quantitative estimate of drug-likeness (QED) is 0.132. The van der Waals surface area contributed by atoms with Gasteiger partial charge in [-0.3, -0.25) is 0 Å². The zero-order chi connectivity index (χ0) is 18.0. The maximum Gasteiger partial charge on any atom is 0.673 e. The Hall–Kier alpha value is 0.135. The molecule has 0 heterocycles. The predicted octanol–water partition coefficient (Wildman–Crippen LogP) is 7.26. The van der Waals surface area contributed by atoms with Crippen LogP contribution in [0.15, 0.2) is 0 Å². The van der Waals surface area contributed by atoms with E-state index in [9.17, 15) is 17.3 Å². The predicted molar refractivity (Wildman–Crippen MR) is 100.0 cm³/mol. The smallest absolute Gasteiger partial charge is 0.418 e. The van der Waals surface area contributed by atoms with Gasteiger partial charge in [0.25, 0.3) is 0 Å². The Kier molecular flexibility index (Phi) is 20.4. The second kappa shape index (κ2) is 18.5. The number of unbranched alkanes of at least 4 members (excludes halogenated alkanes) is 10. The van der Waals surface area contributed by atoms with Crippen LogP contribution in [0.3, 0.4) is 0 Å². The van der Waals surface area contributed by atoms with E-state index in [1.807, 2.05) is 0 Å². The molecule has 0 aliphatic rings. The topological polar surface area (TPSA) is 0 Å². The van der Waals surface area contributed by atoms with Gasteiger partial charge in [0.1, 0.15) is 11.5 Å². The Balaban J connectivity index is 0. The lowest BCUT2D eigenvalue weighted by Gasteiger charge is -2.04. The molecule has 0 atom stereocenters. The number of rotatable bonds is 14. The Labute approximate surface area is 144 Å². The summed E-state index contributed by atoms with van der Waals surface area (Å²) >= 11 is 0. The fraction of sp³-hybridized carbons (Fsp3) is 1.00. The van der Waals surface area contributed by atoms with Gasteiger partial charge in [-0.25, -0.2) is 0 Å². The molecule has 0 saturated heterocycles. The fourth-order valence-electron chi connectivity index (χ4n) is 2.36. The van der Waals surface area contributed by atoms with Crippen molar-refractivity contribution >= 4 is 18.1 Å². The third-order valence-corrected chi connectivity index (χ3v) is 5.66. The van der Waals surface area contributed by atoms with E-state index >= 15 is 0 Å². The number of halogens is 4. The lowest BCUT2D eigenvalue weighted by molar-refractivity contribution is 0.368. The molecule has 142 valence electrons. The first-order valence-corrected chi connectivity index (χ1v) is 11.2. The molecule has 0 aliphatic heterocycles. The van der Waals surface area contributed by atoms with Crippen LogP contribution in [-0.2, 0) is 10.9 Å². The van der Waals surface area contributed by atoms with Crippen LogP contribution in [0.2, 0.25) is 0 Å². The minimum Gasteiger partial charge on any atom is -0.418 e. The van der Waals surface area contributed by atoms with Gasteiger partial charge in [0.2, 0.25) is 0 Å². The molecule has 0 radical (unpaired) electrons. The molecule has 0 aliphatic carbocycles. The van der Waals surface area contributed by atoms with Crippen molar-refractivity contribution in [2.75, 3.05) is 17.8 Å². The Morgan fingerprint density at radius 1 is 0.565 bits per heavy atom. The second-order valence-electron chi connectivity index (χ2n) is 6.22. The summed E-state index contributed by atoms with van der Waals surface area (Å²) < 4.78 is 39.0. The van der Waals surface area contributed by atoms with Crippen molar-refractivity contribution < 1.29 is 17.3 Å². The molecule has 0 rings (SSSR count). The lowest BCUT2D eigenvalue weighted by Crippen LogP contribution is -2.10. The summed E-state index contributed by atoms with van der Waals surface area (Å²) in [5, 5.41) is 0. The third-order valence-electron chi connectivity index (χ3n) is 3.69. The van der Waals surface area contributed by atoms with Crippen LogP contribution in [0.25, 0.3) is 0 Å². The van der Waals surface area contributed by atoms with Crippen molar-refractivity contribution in [1.29, 1.82) is 0 Å². The molecule has 0 bridgehead atoms. The van der Waals surface area contributed by atoms with Crippen molar-refractivity contribution in [2.45, 2.75) is 90.9 Å². The van der Waals surface area contributed by atoms with Gasteiger partial charge in [-0.15, -0.1) is 0 Å². The van der Waals surface area contributed by atoms with Gasteiger partial charge in [0, 0.05) is 0 Å². The van der Waals surface area contributed by atoms with Gasteiger partial charge >= 0.3 is 7.25 Å². The van der Waals surface area contributed by atoms with Gasteiger partial charge in [0.15, 0.2) is 0 Å². The summed E-state index contributed by atoms with van der Waals surface area (Å²) in [5.74, 6) is 3.00. The molecule has 0 saturated carbocycles. The zero-order valence-electron chi connectivity index (χ0n) is 15.4. The fourth-order valence-corrected chi connectivity index (χ4v) is 3.96. The van der Waals surface area contributed by atoms with E-state index in [0.29, 0.717) is 10.9 Å². The largest absolute Gasteiger partial charge is 0.673 e. The van der Waals surface area contributed by atoms with Crippen molar-refractivity contribution in [1.82, 2.24) is 0 Å². The Bertz CT molecular complexity index is 203. The first-order valence-electron chi connectivity index (χ1n) is 9.27. The SMILES string of the molecule is CCCCCCCC[S+](C)CCCCCCCC.F[B-](F)(F)F. The Morgan fingerprint density at radius 3 is 1.13 bits per heavy atom. The van der Waals surface area contributed by atoms with E-state index in [1.54, 1.807) is 0 Å². The minimum atomic E-state index is -6.00. The highest BCUT2D eigenvalue weighted by Crippen LogP contribution is 2.10. The summed E-state index contributed by atoms with van der Waals surface area (Å²) in [6.07, 6.45) is 19.9. The van der Waals surface area contributed by atoms with Gasteiger partial charge < -0.3 is 17.3 Å². The maximum atomic E-state index is 9.75. The van der Waals surface area contributed by atoms with Crippen molar-refractivity contribution in [3.05, 3.63) is 0 Å². The highest BCUT2D eigenvalue weighted by Gasteiger charge is 2.20. The molecule has 6 heteroatoms. The van der Waals surface area contributed by atoms with Crippen LogP contribution in [0.1, 0.15) is 90.9 Å². The van der Waals surface area contributed by atoms with E-state index in [1.165, 1.54) is 88.6 Å². The van der Waals surface area contributed by atoms with Crippen LogP contribution < -0.4 is 0 Å². The monoisotopic (exact) mass is 360 g/mol. The van der Waals surface area contributed by atoms with Crippen LogP contribution in [0, 0.1) is 0 Å². The summed E-state index contributed by atoms with van der Waals surface area (Å²) in [6, 6.07) is 0. The molecule has 23 heavy (non-hydrogen) atoms. The van der Waals surface area contributed by atoms with Crippen molar-refractivity contribution in [3.8, 4) is 0 Å². The average Bonchev–Trinajstić information content (AvgIpc) is 2.44. The molecule has 0 N–H and O–H groups in total. The maximum absolute atomic E-state index is 9.75. The van der Waals surface area contributed by atoms with Crippen molar-refractivity contribution in [2.24, 2.45) is 0 Å². The van der Waals surface area contributed by atoms with E-state index in [2.05, 4.69) is 20.1 Å². The molecule has 0 fully saturated rings. The van der Waals surface area contributed by atoms with Crippen LogP contribution in [-0.4, -0.2) is 25.0 Å². The van der Waals surface area contributed by atoms with Gasteiger partial charge in [-0.05, 0) is 36.6 Å². The van der Waals surface area contributed by atoms with Crippen LogP contribution in [0.4, 0.5) is 17.3 Å². The molecular weight excluding hydrogens is 323 g/mol. The summed E-state index contributed by atoms with van der Waals surface area (Å²) in [7, 11) is -5.28. The summed E-state index contributed by atoms with van der Waals surface area (Å²) in [6.45, 7) is 4.59. The molecule has 0 unspecified atom stereocenters. The average molecular weight is 360 g/mol. The molecule has 0 aromatic heterocycles. The first kappa shape index (κ1) is 25.4. The summed E-state index contributed by atoms with van der Waals surface area (Å²) in [5.41, 5.74) is 0. The molecule has 0 aromatic rings. The van der Waals surface area contributed by atoms with E-state index in [4.69, 9.17) is 0 Å². The van der Waals surface area contributed by atoms with Crippen LogP contribution in [0.5, 0.6) is 0 Å². The van der Waals surface area contributed by atoms with E-state index < -0.39 is 7.25 Å². The van der Waals surface area contributed by atoms with E-state index in [0.717, 1.165) is 0 Å².